The van der Waals surface area contributed by atoms with Crippen LogP contribution in [0, 0.1) is 11.3 Å². The van der Waals surface area contributed by atoms with Crippen molar-refractivity contribution in [3.8, 4) is 33.6 Å². The summed E-state index contributed by atoms with van der Waals surface area (Å²) >= 11 is 0. The molecule has 0 radical (unpaired) electrons. The van der Waals surface area contributed by atoms with Crippen molar-refractivity contribution in [1.29, 1.82) is 0 Å². The van der Waals surface area contributed by atoms with Gasteiger partial charge >= 0.3 is 12.2 Å². The zero-order valence-electron chi connectivity index (χ0n) is 32.6. The number of nitrogens with zero attached hydrogens (tertiary/aromatic N) is 4. The molecular formula is C41H52N8O6. The van der Waals surface area contributed by atoms with Crippen LogP contribution in [0.5, 0.6) is 0 Å². The normalized spacial score (nSPS) is 18.3. The van der Waals surface area contributed by atoms with E-state index in [1.54, 1.807) is 17.3 Å². The number of benzene rings is 2. The lowest BCUT2D eigenvalue weighted by molar-refractivity contribution is -0.137. The van der Waals surface area contributed by atoms with E-state index in [0.717, 1.165) is 71.0 Å². The minimum atomic E-state index is -0.740. The lowest BCUT2D eigenvalue weighted by atomic mass is 9.85. The largest absolute Gasteiger partial charge is 0.453 e. The lowest BCUT2D eigenvalue weighted by Gasteiger charge is -2.35. The number of hydrogen-bond acceptors (Lipinski definition) is 8. The highest BCUT2D eigenvalue weighted by Gasteiger charge is 2.41. The van der Waals surface area contributed by atoms with Gasteiger partial charge in [0.25, 0.3) is 0 Å². The van der Waals surface area contributed by atoms with E-state index in [1.807, 2.05) is 63.8 Å². The van der Waals surface area contributed by atoms with Crippen LogP contribution in [-0.2, 0) is 19.1 Å². The van der Waals surface area contributed by atoms with Crippen LogP contribution in [0.4, 0.5) is 9.59 Å². The van der Waals surface area contributed by atoms with E-state index >= 15 is 0 Å². The molecule has 0 bridgehead atoms. The number of ether oxygens (including phenoxy) is 2. The quantitative estimate of drug-likeness (QED) is 0.140. The number of likely N-dealkylation sites (tertiary alicyclic amines) is 2. The molecule has 2 aliphatic heterocycles. The second kappa shape index (κ2) is 16.4. The summed E-state index contributed by atoms with van der Waals surface area (Å²) in [6, 6.07) is 14.6. The van der Waals surface area contributed by atoms with Gasteiger partial charge in [0.2, 0.25) is 11.8 Å². The molecule has 2 fully saturated rings. The van der Waals surface area contributed by atoms with Gasteiger partial charge in [-0.15, -0.1) is 0 Å². The SMILES string of the molecule is COC(=O)N[C@H](C(=O)N1CCC[C@H]1c1ncc(-c2ccc(-c3ccc(-c4cnc([C@@H]5CCCN5C(=O)[C@@H](NC(=O)OC)C(C)(C)C)[nH]4)cc3)cc2)[nH]1)C(C)C. The molecule has 6 rings (SSSR count). The summed E-state index contributed by atoms with van der Waals surface area (Å²) in [5, 5.41) is 5.42. The second-order valence-electron chi connectivity index (χ2n) is 15.7. The Labute approximate surface area is 321 Å². The molecule has 0 unspecified atom stereocenters. The van der Waals surface area contributed by atoms with Gasteiger partial charge < -0.3 is 39.9 Å². The molecule has 2 aromatic carbocycles. The molecule has 14 heteroatoms. The van der Waals surface area contributed by atoms with Crippen molar-refractivity contribution in [1.82, 2.24) is 40.4 Å². The van der Waals surface area contributed by atoms with Gasteiger partial charge in [0.05, 0.1) is 50.1 Å². The smallest absolute Gasteiger partial charge is 0.407 e. The number of aromatic nitrogens is 4. The number of methoxy groups -OCH3 is 2. The van der Waals surface area contributed by atoms with Crippen LogP contribution in [0.1, 0.15) is 84.0 Å². The van der Waals surface area contributed by atoms with Crippen LogP contribution in [0.3, 0.4) is 0 Å². The zero-order chi connectivity index (χ0) is 39.4. The first-order valence-corrected chi connectivity index (χ1v) is 18.9. The molecule has 0 saturated carbocycles. The number of aromatic amines is 2. The molecule has 4 heterocycles. The van der Waals surface area contributed by atoms with Crippen molar-refractivity contribution in [3.63, 3.8) is 0 Å². The number of hydrogen-bond donors (Lipinski definition) is 4. The van der Waals surface area contributed by atoms with Gasteiger partial charge in [-0.2, -0.15) is 0 Å². The summed E-state index contributed by atoms with van der Waals surface area (Å²) in [7, 11) is 2.58. The van der Waals surface area contributed by atoms with E-state index in [4.69, 9.17) is 9.47 Å². The number of alkyl carbamates (subject to hydrolysis) is 2. The molecule has 14 nitrogen and oxygen atoms in total. The predicted octanol–water partition coefficient (Wildman–Crippen LogP) is 6.61. The van der Waals surface area contributed by atoms with E-state index < -0.39 is 29.7 Å². The third-order valence-corrected chi connectivity index (χ3v) is 10.6. The van der Waals surface area contributed by atoms with Gasteiger partial charge in [0.15, 0.2) is 0 Å². The molecule has 4 N–H and O–H groups in total. The Balaban J connectivity index is 1.11. The Bertz CT molecular complexity index is 1980. The predicted molar refractivity (Wildman–Crippen MR) is 207 cm³/mol. The van der Waals surface area contributed by atoms with E-state index in [2.05, 4.69) is 54.8 Å². The number of carbonyl (C=O) groups is 4. The van der Waals surface area contributed by atoms with Gasteiger partial charge in [-0.1, -0.05) is 83.1 Å². The monoisotopic (exact) mass is 752 g/mol. The summed E-state index contributed by atoms with van der Waals surface area (Å²) < 4.78 is 9.55. The molecule has 4 aromatic rings. The number of imidazole rings is 2. The van der Waals surface area contributed by atoms with Crippen molar-refractivity contribution in [2.45, 2.75) is 84.5 Å². The van der Waals surface area contributed by atoms with Crippen molar-refractivity contribution in [2.24, 2.45) is 11.3 Å². The molecule has 292 valence electrons. The van der Waals surface area contributed by atoms with Crippen molar-refractivity contribution < 1.29 is 28.7 Å². The topological polar surface area (TPSA) is 175 Å². The van der Waals surface area contributed by atoms with E-state index in [9.17, 15) is 19.2 Å². The van der Waals surface area contributed by atoms with E-state index in [0.29, 0.717) is 13.1 Å². The fourth-order valence-electron chi connectivity index (χ4n) is 7.49. The minimum Gasteiger partial charge on any atom is -0.453 e. The van der Waals surface area contributed by atoms with E-state index in [1.165, 1.54) is 14.2 Å². The Kier molecular flexibility index (Phi) is 11.6. The van der Waals surface area contributed by atoms with Crippen LogP contribution in [0.15, 0.2) is 60.9 Å². The highest BCUT2D eigenvalue weighted by Crippen LogP contribution is 2.36. The van der Waals surface area contributed by atoms with Gasteiger partial charge in [-0.05, 0) is 59.3 Å². The summed E-state index contributed by atoms with van der Waals surface area (Å²) in [4.78, 5) is 71.1. The second-order valence-corrected chi connectivity index (χ2v) is 15.7. The summed E-state index contributed by atoms with van der Waals surface area (Å²) in [6.45, 7) is 10.7. The van der Waals surface area contributed by atoms with Gasteiger partial charge in [-0.25, -0.2) is 19.6 Å². The maximum absolute atomic E-state index is 13.7. The number of carbonyl (C=O) groups excluding carboxylic acids is 4. The number of nitrogens with one attached hydrogen (secondary N) is 4. The molecule has 2 aromatic heterocycles. The summed E-state index contributed by atoms with van der Waals surface area (Å²) in [5.74, 6) is 1.04. The van der Waals surface area contributed by atoms with E-state index in [-0.39, 0.29) is 29.8 Å². The van der Waals surface area contributed by atoms with Gasteiger partial charge in [0, 0.05) is 13.1 Å². The first kappa shape index (κ1) is 39.0. The van der Waals surface area contributed by atoms with Gasteiger partial charge in [0.1, 0.15) is 23.7 Å². The van der Waals surface area contributed by atoms with Crippen LogP contribution >= 0.6 is 0 Å². The van der Waals surface area contributed by atoms with Crippen molar-refractivity contribution in [3.05, 3.63) is 72.6 Å². The fraction of sp³-hybridized carbons (Fsp3) is 0.463. The molecule has 2 aliphatic rings. The standard InChI is InChI=1S/C41H52N8O6/c1-24(2)33(46-39(52)54-6)37(50)48-20-8-10-31(48)35-42-22-29(44-35)27-16-12-25(13-17-27)26-14-18-28(19-15-26)30-23-43-36(45-30)32-11-9-21-49(32)38(51)34(41(3,4)5)47-40(53)55-7/h12-19,22-24,31-34H,8-11,20-21H2,1-7H3,(H,42,44)(H,43,45)(H,46,52)(H,47,53)/t31-,32-,33-,34+/m0/s1. The van der Waals surface area contributed by atoms with Gasteiger partial charge in [-0.3, -0.25) is 9.59 Å². The van der Waals surface area contributed by atoms with Crippen LogP contribution < -0.4 is 10.6 Å². The Hall–Kier alpha value is -5.66. The summed E-state index contributed by atoms with van der Waals surface area (Å²) in [6.07, 6.45) is 5.59. The maximum atomic E-state index is 13.7. The molecule has 2 saturated heterocycles. The number of H-pyrrole nitrogens is 2. The Morgan fingerprint density at radius 3 is 1.53 bits per heavy atom. The average molecular weight is 753 g/mol. The molecule has 4 amide bonds. The summed E-state index contributed by atoms with van der Waals surface area (Å²) in [5.41, 5.74) is 5.26. The molecule has 0 aliphatic carbocycles. The lowest BCUT2D eigenvalue weighted by Crippen LogP contribution is -2.54. The van der Waals surface area contributed by atoms with Crippen LogP contribution in [-0.4, -0.2) is 93.1 Å². The van der Waals surface area contributed by atoms with Crippen LogP contribution in [0.25, 0.3) is 33.6 Å². The minimum absolute atomic E-state index is 0.105. The Morgan fingerprint density at radius 1 is 0.691 bits per heavy atom. The zero-order valence-corrected chi connectivity index (χ0v) is 32.6. The third-order valence-electron chi connectivity index (χ3n) is 10.6. The number of rotatable bonds is 10. The molecular weight excluding hydrogens is 701 g/mol. The first-order chi connectivity index (χ1) is 26.3. The average Bonchev–Trinajstić information content (AvgIpc) is 4.01. The first-order valence-electron chi connectivity index (χ1n) is 18.9. The fourth-order valence-corrected chi connectivity index (χ4v) is 7.49. The molecule has 0 spiro atoms. The third kappa shape index (κ3) is 8.53. The molecule has 55 heavy (non-hydrogen) atoms. The Morgan fingerprint density at radius 2 is 1.11 bits per heavy atom. The maximum Gasteiger partial charge on any atom is 0.407 e. The number of amides is 4. The van der Waals surface area contributed by atoms with Crippen LogP contribution in [0.2, 0.25) is 0 Å². The van der Waals surface area contributed by atoms with Crippen molar-refractivity contribution in [2.75, 3.05) is 27.3 Å². The van der Waals surface area contributed by atoms with Crippen molar-refractivity contribution >= 4 is 24.0 Å². The highest BCUT2D eigenvalue weighted by atomic mass is 16.5. The highest BCUT2D eigenvalue weighted by molar-refractivity contribution is 5.87. The molecule has 4 atom stereocenters.